The van der Waals surface area contributed by atoms with E-state index >= 15 is 0 Å². The highest BCUT2D eigenvalue weighted by Crippen LogP contribution is 2.27. The number of nitrogens with one attached hydrogen (secondary N) is 1. The molecule has 0 radical (unpaired) electrons. The maximum absolute atomic E-state index is 3.85. The number of hydrogen-bond donors (Lipinski definition) is 1. The van der Waals surface area contributed by atoms with E-state index < -0.39 is 0 Å². The highest BCUT2D eigenvalue weighted by atomic mass is 14.7. The first-order valence-corrected chi connectivity index (χ1v) is 7.37. The molecule has 1 aliphatic carbocycles. The molecular formula is C18H25N. The Labute approximate surface area is 117 Å². The Bertz CT molecular complexity index is 472. The Hall–Kier alpha value is -1.50. The molecule has 19 heavy (non-hydrogen) atoms. The second-order valence-corrected chi connectivity index (χ2v) is 5.64. The molecule has 0 bridgehead atoms. The van der Waals surface area contributed by atoms with Crippen molar-refractivity contribution in [2.75, 3.05) is 0 Å². The van der Waals surface area contributed by atoms with Crippen LogP contribution in [0, 0.1) is 0 Å². The van der Waals surface area contributed by atoms with Crippen LogP contribution < -0.4 is 0 Å². The lowest BCUT2D eigenvalue weighted by molar-refractivity contribution is 0.677. The third-order valence-corrected chi connectivity index (χ3v) is 3.75. The van der Waals surface area contributed by atoms with Gasteiger partial charge in [-0.15, -0.1) is 0 Å². The van der Waals surface area contributed by atoms with Gasteiger partial charge < -0.3 is 4.98 Å². The van der Waals surface area contributed by atoms with Gasteiger partial charge in [0.2, 0.25) is 0 Å². The van der Waals surface area contributed by atoms with Crippen LogP contribution in [-0.4, -0.2) is 4.98 Å². The van der Waals surface area contributed by atoms with Gasteiger partial charge in [0.1, 0.15) is 0 Å². The van der Waals surface area contributed by atoms with Gasteiger partial charge in [0.05, 0.1) is 0 Å². The summed E-state index contributed by atoms with van der Waals surface area (Å²) in [5.74, 6) is 0. The molecule has 1 aliphatic rings. The van der Waals surface area contributed by atoms with Crippen LogP contribution in [0.5, 0.6) is 0 Å². The number of aromatic amines is 1. The van der Waals surface area contributed by atoms with Gasteiger partial charge >= 0.3 is 0 Å². The van der Waals surface area contributed by atoms with Crippen LogP contribution in [0.2, 0.25) is 0 Å². The Kier molecular flexibility index (Phi) is 4.84. The van der Waals surface area contributed by atoms with E-state index in [-0.39, 0.29) is 0 Å². The van der Waals surface area contributed by atoms with Crippen molar-refractivity contribution in [1.29, 1.82) is 0 Å². The number of H-pyrrole nitrogens is 1. The van der Waals surface area contributed by atoms with Crippen molar-refractivity contribution in [3.8, 4) is 0 Å². The second kappa shape index (κ2) is 6.60. The lowest BCUT2D eigenvalue weighted by Crippen LogP contribution is -1.99. The van der Waals surface area contributed by atoms with E-state index in [4.69, 9.17) is 0 Å². The molecule has 0 unspecified atom stereocenters. The average Bonchev–Trinajstić information content (AvgIpc) is 2.81. The summed E-state index contributed by atoms with van der Waals surface area (Å²) in [4.78, 5) is 3.62. The summed E-state index contributed by atoms with van der Waals surface area (Å²) in [5.41, 5.74) is 7.05. The topological polar surface area (TPSA) is 15.8 Å². The fraction of sp³-hybridized carbons (Fsp3) is 0.444. The zero-order valence-corrected chi connectivity index (χ0v) is 12.3. The highest BCUT2D eigenvalue weighted by molar-refractivity contribution is 5.65. The Morgan fingerprint density at radius 2 is 2.11 bits per heavy atom. The zero-order valence-electron chi connectivity index (χ0n) is 12.3. The number of hydrogen-bond acceptors (Lipinski definition) is 0. The SMILES string of the molecule is C=C/C=C(\CCC=C(C)C)c1cc2c([nH]1)CCCC2. The standard InChI is InChI=1S/C18H25N/c1-4-8-15(11-7-9-14(2)3)18-13-16-10-5-6-12-17(16)19-18/h4,8-9,13,19H,1,5-7,10-12H2,2-3H3/b15-8+. The van der Waals surface area contributed by atoms with Gasteiger partial charge in [0.25, 0.3) is 0 Å². The van der Waals surface area contributed by atoms with Crippen molar-refractivity contribution in [3.63, 3.8) is 0 Å². The van der Waals surface area contributed by atoms with Gasteiger partial charge in [0, 0.05) is 11.4 Å². The largest absolute Gasteiger partial charge is 0.358 e. The molecule has 2 rings (SSSR count). The summed E-state index contributed by atoms with van der Waals surface area (Å²) >= 11 is 0. The van der Waals surface area contributed by atoms with Gasteiger partial charge in [-0.3, -0.25) is 0 Å². The predicted octanol–water partition coefficient (Wildman–Crippen LogP) is 5.21. The summed E-state index contributed by atoms with van der Waals surface area (Å²) < 4.78 is 0. The predicted molar refractivity (Wildman–Crippen MR) is 84.3 cm³/mol. The van der Waals surface area contributed by atoms with Crippen molar-refractivity contribution >= 4 is 5.57 Å². The molecule has 1 nitrogen and oxygen atoms in total. The van der Waals surface area contributed by atoms with Crippen molar-refractivity contribution in [3.05, 3.63) is 53.4 Å². The molecule has 0 fully saturated rings. The minimum atomic E-state index is 1.08. The third kappa shape index (κ3) is 3.73. The van der Waals surface area contributed by atoms with Crippen molar-refractivity contribution < 1.29 is 0 Å². The van der Waals surface area contributed by atoms with Crippen LogP contribution >= 0.6 is 0 Å². The van der Waals surface area contributed by atoms with Gasteiger partial charge in [-0.05, 0) is 69.6 Å². The molecule has 0 spiro atoms. The molecule has 1 aromatic heterocycles. The van der Waals surface area contributed by atoms with E-state index in [9.17, 15) is 0 Å². The first-order chi connectivity index (χ1) is 9.20. The molecule has 0 atom stereocenters. The molecule has 1 N–H and O–H groups in total. The maximum atomic E-state index is 3.85. The average molecular weight is 255 g/mol. The van der Waals surface area contributed by atoms with Crippen LogP contribution in [0.4, 0.5) is 0 Å². The molecule has 1 heteroatoms. The van der Waals surface area contributed by atoms with Crippen LogP contribution in [0.15, 0.2) is 36.4 Å². The smallest absolute Gasteiger partial charge is 0.0417 e. The molecule has 1 heterocycles. The fourth-order valence-electron chi connectivity index (χ4n) is 2.74. The lowest BCUT2D eigenvalue weighted by Gasteiger charge is -2.09. The number of aryl methyl sites for hydroxylation is 2. The first-order valence-electron chi connectivity index (χ1n) is 7.37. The fourth-order valence-corrected chi connectivity index (χ4v) is 2.74. The Morgan fingerprint density at radius 3 is 2.79 bits per heavy atom. The van der Waals surface area contributed by atoms with Crippen molar-refractivity contribution in [2.45, 2.75) is 52.4 Å². The third-order valence-electron chi connectivity index (χ3n) is 3.75. The molecule has 1 aromatic rings. The van der Waals surface area contributed by atoms with E-state index in [1.807, 2.05) is 6.08 Å². The van der Waals surface area contributed by atoms with Crippen LogP contribution in [0.3, 0.4) is 0 Å². The normalized spacial score (nSPS) is 14.9. The van der Waals surface area contributed by atoms with Gasteiger partial charge in [-0.2, -0.15) is 0 Å². The van der Waals surface area contributed by atoms with Crippen LogP contribution in [0.1, 0.15) is 56.5 Å². The van der Waals surface area contributed by atoms with Gasteiger partial charge in [-0.1, -0.05) is 30.4 Å². The molecule has 0 saturated heterocycles. The quantitative estimate of drug-likeness (QED) is 0.549. The number of aromatic nitrogens is 1. The van der Waals surface area contributed by atoms with Gasteiger partial charge in [0.15, 0.2) is 0 Å². The first kappa shape index (κ1) is 13.9. The van der Waals surface area contributed by atoms with Crippen molar-refractivity contribution in [2.24, 2.45) is 0 Å². The Morgan fingerprint density at radius 1 is 1.32 bits per heavy atom. The lowest BCUT2D eigenvalue weighted by atomic mass is 9.98. The summed E-state index contributed by atoms with van der Waals surface area (Å²) in [7, 11) is 0. The minimum absolute atomic E-state index is 1.08. The molecule has 0 aliphatic heterocycles. The summed E-state index contributed by atoms with van der Waals surface area (Å²) in [6.45, 7) is 8.16. The van der Waals surface area contributed by atoms with Crippen LogP contribution in [-0.2, 0) is 12.8 Å². The van der Waals surface area contributed by atoms with Gasteiger partial charge in [-0.25, -0.2) is 0 Å². The molecular weight excluding hydrogens is 230 g/mol. The second-order valence-electron chi connectivity index (χ2n) is 5.64. The molecule has 0 aromatic carbocycles. The molecule has 0 amide bonds. The summed E-state index contributed by atoms with van der Waals surface area (Å²) in [6.07, 6.45) is 13.6. The van der Waals surface area contributed by atoms with E-state index in [0.29, 0.717) is 0 Å². The van der Waals surface area contributed by atoms with E-state index in [2.05, 4.69) is 43.6 Å². The van der Waals surface area contributed by atoms with Crippen LogP contribution in [0.25, 0.3) is 5.57 Å². The number of rotatable bonds is 5. The van der Waals surface area contributed by atoms with E-state index in [1.54, 1.807) is 0 Å². The summed E-state index contributed by atoms with van der Waals surface area (Å²) in [5, 5.41) is 0. The molecule has 0 saturated carbocycles. The Balaban J connectivity index is 2.15. The molecule has 102 valence electrons. The highest BCUT2D eigenvalue weighted by Gasteiger charge is 2.13. The monoisotopic (exact) mass is 255 g/mol. The van der Waals surface area contributed by atoms with E-state index in [0.717, 1.165) is 12.8 Å². The maximum Gasteiger partial charge on any atom is 0.0417 e. The minimum Gasteiger partial charge on any atom is -0.358 e. The van der Waals surface area contributed by atoms with E-state index in [1.165, 1.54) is 53.8 Å². The zero-order chi connectivity index (χ0) is 13.7. The number of fused-ring (bicyclic) bond motifs is 1. The number of allylic oxidation sites excluding steroid dienone is 5. The summed E-state index contributed by atoms with van der Waals surface area (Å²) in [6, 6.07) is 2.35. The van der Waals surface area contributed by atoms with Crippen molar-refractivity contribution in [1.82, 2.24) is 4.98 Å².